The Kier molecular flexibility index (Phi) is 10.6. The summed E-state index contributed by atoms with van der Waals surface area (Å²) >= 11 is 1.56. The molecule has 4 N–H and O–H groups in total. The Hall–Kier alpha value is -2.01. The monoisotopic (exact) mass is 461 g/mol. The van der Waals surface area contributed by atoms with Crippen LogP contribution in [0.4, 0.5) is 4.79 Å². The van der Waals surface area contributed by atoms with Gasteiger partial charge in [-0.2, -0.15) is 11.8 Å². The lowest BCUT2D eigenvalue weighted by Gasteiger charge is -2.34. The molecule has 31 heavy (non-hydrogen) atoms. The number of carbonyl (C=O) groups is 4. The number of nitrogens with one attached hydrogen (secondary N) is 2. The van der Waals surface area contributed by atoms with Crippen molar-refractivity contribution in [3.63, 3.8) is 0 Å². The second-order valence-corrected chi connectivity index (χ2v) is 9.63. The van der Waals surface area contributed by atoms with Crippen molar-refractivity contribution in [1.82, 2.24) is 15.5 Å². The number of carboxylic acid groups (broad SMARTS) is 1. The number of alkyl carbamates (subject to hydrolysis) is 1. The fourth-order valence-corrected chi connectivity index (χ4v) is 3.66. The first-order valence-corrected chi connectivity index (χ1v) is 11.7. The minimum Gasteiger partial charge on any atom is -0.480 e. The van der Waals surface area contributed by atoms with Gasteiger partial charge in [0.15, 0.2) is 6.04 Å². The number of aliphatic hydroxyl groups excluding tert-OH is 1. The first-order valence-electron chi connectivity index (χ1n) is 10.3. The van der Waals surface area contributed by atoms with E-state index in [-0.39, 0.29) is 5.91 Å². The molecule has 11 heteroatoms. The van der Waals surface area contributed by atoms with Gasteiger partial charge in [0.05, 0.1) is 6.10 Å². The summed E-state index contributed by atoms with van der Waals surface area (Å²) in [6.45, 7) is 7.16. The molecule has 0 aliphatic carbocycles. The number of hydrogen-bond acceptors (Lipinski definition) is 7. The van der Waals surface area contributed by atoms with Crippen molar-refractivity contribution in [3.8, 4) is 0 Å². The summed E-state index contributed by atoms with van der Waals surface area (Å²) in [6.07, 6.45) is 1.22. The zero-order valence-electron chi connectivity index (χ0n) is 18.8. The van der Waals surface area contributed by atoms with Crippen LogP contribution in [0, 0.1) is 5.92 Å². The maximum atomic E-state index is 13.0. The Bertz CT molecular complexity index is 643. The molecule has 1 aliphatic heterocycles. The minimum absolute atomic E-state index is 0.230. The number of thioether (sulfide) groups is 1. The van der Waals surface area contributed by atoms with Gasteiger partial charge in [-0.05, 0) is 59.0 Å². The van der Waals surface area contributed by atoms with E-state index in [9.17, 15) is 24.3 Å². The smallest absolute Gasteiger partial charge is 0.408 e. The number of rotatable bonds is 9. The van der Waals surface area contributed by atoms with Gasteiger partial charge in [0.25, 0.3) is 0 Å². The van der Waals surface area contributed by atoms with Gasteiger partial charge < -0.3 is 30.5 Å². The van der Waals surface area contributed by atoms with E-state index in [1.165, 1.54) is 6.92 Å². The number of ether oxygens (including phenoxy) is 1. The number of carboxylic acids is 1. The lowest BCUT2D eigenvalue weighted by Crippen LogP contribution is -2.54. The average Bonchev–Trinajstić information content (AvgIpc) is 2.66. The average molecular weight is 462 g/mol. The van der Waals surface area contributed by atoms with Crippen LogP contribution in [0.5, 0.6) is 0 Å². The van der Waals surface area contributed by atoms with Crippen molar-refractivity contribution >= 4 is 35.6 Å². The number of carbonyl (C=O) groups excluding carboxylic acids is 3. The molecule has 0 unspecified atom stereocenters. The molecule has 3 atom stereocenters. The summed E-state index contributed by atoms with van der Waals surface area (Å²) in [5.74, 6) is -1.76. The van der Waals surface area contributed by atoms with Gasteiger partial charge in [-0.25, -0.2) is 9.59 Å². The Morgan fingerprint density at radius 2 is 1.74 bits per heavy atom. The third-order valence-corrected chi connectivity index (χ3v) is 5.47. The molecule has 0 radical (unpaired) electrons. The van der Waals surface area contributed by atoms with E-state index in [4.69, 9.17) is 9.84 Å². The van der Waals surface area contributed by atoms with E-state index in [1.807, 2.05) is 6.26 Å². The van der Waals surface area contributed by atoms with E-state index in [0.29, 0.717) is 38.1 Å². The first-order chi connectivity index (χ1) is 14.4. The highest BCUT2D eigenvalue weighted by molar-refractivity contribution is 7.98. The van der Waals surface area contributed by atoms with Crippen LogP contribution in [0.25, 0.3) is 0 Å². The van der Waals surface area contributed by atoms with Crippen LogP contribution in [0.3, 0.4) is 0 Å². The second kappa shape index (κ2) is 12.1. The number of amides is 3. The number of hydrogen-bond donors (Lipinski definition) is 4. The van der Waals surface area contributed by atoms with Crippen LogP contribution in [0.15, 0.2) is 0 Å². The molecule has 0 bridgehead atoms. The van der Waals surface area contributed by atoms with Gasteiger partial charge in [0, 0.05) is 19.0 Å². The van der Waals surface area contributed by atoms with E-state index >= 15 is 0 Å². The molecule has 10 nitrogen and oxygen atoms in total. The van der Waals surface area contributed by atoms with Crippen molar-refractivity contribution in [2.24, 2.45) is 5.92 Å². The fourth-order valence-electron chi connectivity index (χ4n) is 3.19. The van der Waals surface area contributed by atoms with Gasteiger partial charge in [-0.1, -0.05) is 0 Å². The number of aliphatic hydroxyl groups is 1. The van der Waals surface area contributed by atoms with Crippen LogP contribution in [-0.4, -0.2) is 87.9 Å². The molecule has 178 valence electrons. The molecular formula is C20H35N3O7S. The topological polar surface area (TPSA) is 145 Å². The van der Waals surface area contributed by atoms with Crippen molar-refractivity contribution in [3.05, 3.63) is 0 Å². The number of aliphatic carboxylic acids is 1. The molecule has 1 heterocycles. The lowest BCUT2D eigenvalue weighted by atomic mass is 9.94. The highest BCUT2D eigenvalue weighted by Crippen LogP contribution is 2.19. The Morgan fingerprint density at radius 3 is 2.19 bits per heavy atom. The van der Waals surface area contributed by atoms with Crippen LogP contribution >= 0.6 is 11.8 Å². The predicted octanol–water partition coefficient (Wildman–Crippen LogP) is 0.822. The Labute approximate surface area is 187 Å². The predicted molar refractivity (Wildman–Crippen MR) is 117 cm³/mol. The minimum atomic E-state index is -1.37. The zero-order chi connectivity index (χ0) is 23.8. The summed E-state index contributed by atoms with van der Waals surface area (Å²) in [5.41, 5.74) is -0.678. The van der Waals surface area contributed by atoms with Crippen molar-refractivity contribution in [2.75, 3.05) is 25.1 Å². The maximum Gasteiger partial charge on any atom is 0.408 e. The third kappa shape index (κ3) is 9.34. The summed E-state index contributed by atoms with van der Waals surface area (Å²) in [7, 11) is 0. The van der Waals surface area contributed by atoms with Crippen molar-refractivity contribution in [2.45, 2.75) is 70.7 Å². The van der Waals surface area contributed by atoms with E-state index in [0.717, 1.165) is 0 Å². The molecule has 0 saturated carbocycles. The van der Waals surface area contributed by atoms with Gasteiger partial charge in [0.2, 0.25) is 11.8 Å². The molecule has 1 rings (SSSR count). The van der Waals surface area contributed by atoms with E-state index < -0.39 is 47.7 Å². The Morgan fingerprint density at radius 1 is 1.16 bits per heavy atom. The van der Waals surface area contributed by atoms with Gasteiger partial charge in [-0.15, -0.1) is 0 Å². The summed E-state index contributed by atoms with van der Waals surface area (Å²) in [6, 6.07) is -2.10. The first kappa shape index (κ1) is 27.0. The lowest BCUT2D eigenvalue weighted by molar-refractivity contribution is -0.146. The molecule has 0 aromatic heterocycles. The summed E-state index contributed by atoms with van der Waals surface area (Å²) in [4.78, 5) is 50.3. The molecule has 0 spiro atoms. The number of likely N-dealkylation sites (tertiary alicyclic amines) is 1. The highest BCUT2D eigenvalue weighted by atomic mass is 32.2. The SMILES string of the molecule is CSCC[C@H](NC(=O)OC(C)(C)C)C(=O)N1CCC(C(=O)N[C@H](C(=O)O)[C@@H](C)O)CC1. The summed E-state index contributed by atoms with van der Waals surface area (Å²) < 4.78 is 5.26. The second-order valence-electron chi connectivity index (χ2n) is 8.64. The third-order valence-electron chi connectivity index (χ3n) is 4.82. The Balaban J connectivity index is 2.68. The van der Waals surface area contributed by atoms with Crippen LogP contribution < -0.4 is 10.6 Å². The van der Waals surface area contributed by atoms with Crippen LogP contribution in [0.1, 0.15) is 47.0 Å². The van der Waals surface area contributed by atoms with Crippen LogP contribution in [-0.2, 0) is 19.1 Å². The number of nitrogens with zero attached hydrogens (tertiary/aromatic N) is 1. The molecule has 0 aromatic rings. The zero-order valence-corrected chi connectivity index (χ0v) is 19.7. The molecule has 1 fully saturated rings. The standard InChI is InChI=1S/C20H35N3O7S/c1-12(24)15(18(27)28)22-16(25)13-6-9-23(10-7-13)17(26)14(8-11-31-5)21-19(29)30-20(2,3)4/h12-15,24H,6-11H2,1-5H3,(H,21,29)(H,22,25)(H,27,28)/t12-,14+,15+/m1/s1. The van der Waals surface area contributed by atoms with E-state index in [2.05, 4.69) is 10.6 Å². The molecular weight excluding hydrogens is 426 g/mol. The molecule has 0 aromatic carbocycles. The normalized spacial score (nSPS) is 17.9. The van der Waals surface area contributed by atoms with Gasteiger partial charge in [0.1, 0.15) is 11.6 Å². The van der Waals surface area contributed by atoms with Crippen LogP contribution in [0.2, 0.25) is 0 Å². The van der Waals surface area contributed by atoms with Crippen molar-refractivity contribution < 1.29 is 34.1 Å². The molecule has 1 aliphatic rings. The van der Waals surface area contributed by atoms with Gasteiger partial charge in [-0.3, -0.25) is 9.59 Å². The summed E-state index contributed by atoms with van der Waals surface area (Å²) in [5, 5.41) is 23.6. The van der Waals surface area contributed by atoms with E-state index in [1.54, 1.807) is 37.4 Å². The molecule has 1 saturated heterocycles. The number of piperidine rings is 1. The van der Waals surface area contributed by atoms with Crippen molar-refractivity contribution in [1.29, 1.82) is 0 Å². The largest absolute Gasteiger partial charge is 0.480 e. The highest BCUT2D eigenvalue weighted by Gasteiger charge is 2.34. The maximum absolute atomic E-state index is 13.0. The fraction of sp³-hybridized carbons (Fsp3) is 0.800. The van der Waals surface area contributed by atoms with Gasteiger partial charge >= 0.3 is 12.1 Å². The molecule has 3 amide bonds. The quantitative estimate of drug-likeness (QED) is 0.395.